The van der Waals surface area contributed by atoms with Crippen LogP contribution < -0.4 is 10.6 Å². The van der Waals surface area contributed by atoms with E-state index in [4.69, 9.17) is 0 Å². The van der Waals surface area contributed by atoms with E-state index < -0.39 is 0 Å². The standard InChI is InChI=1S/C23H20FN5O/c24-18-6-3-7-19(13-18)28-23(29-22(30)17-5-4-11-25-14-17)26-12-10-16-15-27-21-9-2-1-8-20(16)21/h1-9,11,13-15,27H,10,12H2,(H2,26,28,29,30). The van der Waals surface area contributed by atoms with E-state index in [1.165, 1.54) is 18.3 Å². The number of H-pyrrole nitrogens is 1. The largest absolute Gasteiger partial charge is 0.361 e. The van der Waals surface area contributed by atoms with Crippen LogP contribution in [0.2, 0.25) is 0 Å². The zero-order chi connectivity index (χ0) is 20.8. The minimum atomic E-state index is -0.378. The van der Waals surface area contributed by atoms with Gasteiger partial charge in [-0.1, -0.05) is 24.3 Å². The van der Waals surface area contributed by atoms with E-state index in [9.17, 15) is 9.18 Å². The Kier molecular flexibility index (Phi) is 5.80. The molecule has 0 aliphatic heterocycles. The Morgan fingerprint density at radius 1 is 1.10 bits per heavy atom. The molecule has 30 heavy (non-hydrogen) atoms. The molecule has 150 valence electrons. The summed E-state index contributed by atoms with van der Waals surface area (Å²) in [5, 5.41) is 6.88. The molecule has 0 aliphatic carbocycles. The van der Waals surface area contributed by atoms with Gasteiger partial charge < -0.3 is 10.3 Å². The average Bonchev–Trinajstić information content (AvgIpc) is 3.17. The van der Waals surface area contributed by atoms with Crippen LogP contribution in [0.4, 0.5) is 10.1 Å². The number of hydrogen-bond acceptors (Lipinski definition) is 3. The van der Waals surface area contributed by atoms with Gasteiger partial charge in [0.2, 0.25) is 5.96 Å². The number of amides is 1. The van der Waals surface area contributed by atoms with Crippen molar-refractivity contribution >= 4 is 28.5 Å². The summed E-state index contributed by atoms with van der Waals surface area (Å²) in [7, 11) is 0. The molecule has 0 radical (unpaired) electrons. The first-order chi connectivity index (χ1) is 14.7. The molecule has 0 aliphatic rings. The van der Waals surface area contributed by atoms with Crippen molar-refractivity contribution in [3.05, 3.63) is 96.2 Å². The molecule has 7 heteroatoms. The van der Waals surface area contributed by atoms with Crippen molar-refractivity contribution in [2.24, 2.45) is 4.99 Å². The molecule has 0 spiro atoms. The summed E-state index contributed by atoms with van der Waals surface area (Å²) < 4.78 is 13.6. The van der Waals surface area contributed by atoms with Crippen LogP contribution in [0.25, 0.3) is 10.9 Å². The summed E-state index contributed by atoms with van der Waals surface area (Å²) >= 11 is 0. The number of carbonyl (C=O) groups is 1. The number of aromatic amines is 1. The number of pyridine rings is 1. The van der Waals surface area contributed by atoms with Crippen molar-refractivity contribution in [1.82, 2.24) is 15.3 Å². The summed E-state index contributed by atoms with van der Waals surface area (Å²) in [5.74, 6) is -0.483. The second-order valence-corrected chi connectivity index (χ2v) is 6.67. The molecule has 0 bridgehead atoms. The van der Waals surface area contributed by atoms with Gasteiger partial charge in [-0.15, -0.1) is 0 Å². The monoisotopic (exact) mass is 401 g/mol. The van der Waals surface area contributed by atoms with Crippen LogP contribution >= 0.6 is 0 Å². The van der Waals surface area contributed by atoms with E-state index in [2.05, 4.69) is 31.7 Å². The lowest BCUT2D eigenvalue weighted by atomic mass is 10.1. The van der Waals surface area contributed by atoms with E-state index in [0.29, 0.717) is 24.2 Å². The van der Waals surface area contributed by atoms with Crippen molar-refractivity contribution in [1.29, 1.82) is 0 Å². The van der Waals surface area contributed by atoms with Gasteiger partial charge in [0.05, 0.1) is 5.56 Å². The first-order valence-electron chi connectivity index (χ1n) is 9.52. The SMILES string of the molecule is O=C(NC(=NCCc1c[nH]c2ccccc12)Nc1cccc(F)c1)c1cccnc1. The van der Waals surface area contributed by atoms with Gasteiger partial charge in [-0.3, -0.25) is 20.1 Å². The van der Waals surface area contributed by atoms with Crippen molar-refractivity contribution in [3.63, 3.8) is 0 Å². The van der Waals surface area contributed by atoms with Crippen molar-refractivity contribution < 1.29 is 9.18 Å². The Hall–Kier alpha value is -4.00. The van der Waals surface area contributed by atoms with Crippen LogP contribution in [-0.4, -0.2) is 28.4 Å². The Morgan fingerprint density at radius 3 is 2.83 bits per heavy atom. The van der Waals surface area contributed by atoms with Gasteiger partial charge in [0.25, 0.3) is 5.91 Å². The van der Waals surface area contributed by atoms with Gasteiger partial charge in [-0.05, 0) is 48.4 Å². The fraction of sp³-hybridized carbons (Fsp3) is 0.0870. The highest BCUT2D eigenvalue weighted by molar-refractivity contribution is 6.09. The van der Waals surface area contributed by atoms with Gasteiger partial charge in [-0.25, -0.2) is 4.39 Å². The van der Waals surface area contributed by atoms with Crippen molar-refractivity contribution in [3.8, 4) is 0 Å². The molecule has 4 aromatic rings. The number of benzene rings is 2. The summed E-state index contributed by atoms with van der Waals surface area (Å²) in [6, 6.07) is 17.4. The van der Waals surface area contributed by atoms with Gasteiger partial charge >= 0.3 is 0 Å². The van der Waals surface area contributed by atoms with Crippen LogP contribution in [0.3, 0.4) is 0 Å². The first kappa shape index (κ1) is 19.3. The number of hydrogen-bond donors (Lipinski definition) is 3. The number of rotatable bonds is 5. The number of guanidine groups is 1. The maximum Gasteiger partial charge on any atom is 0.259 e. The average molecular weight is 401 g/mol. The topological polar surface area (TPSA) is 82.2 Å². The number of nitrogens with zero attached hydrogens (tertiary/aromatic N) is 2. The molecular formula is C23H20FN5O. The smallest absolute Gasteiger partial charge is 0.259 e. The predicted octanol–water partition coefficient (Wildman–Crippen LogP) is 4.14. The Labute approximate surface area is 172 Å². The molecule has 2 aromatic carbocycles. The lowest BCUT2D eigenvalue weighted by Gasteiger charge is -2.12. The van der Waals surface area contributed by atoms with Gasteiger partial charge in [0.1, 0.15) is 5.82 Å². The van der Waals surface area contributed by atoms with E-state index in [-0.39, 0.29) is 17.7 Å². The zero-order valence-electron chi connectivity index (χ0n) is 16.1. The molecule has 6 nitrogen and oxygen atoms in total. The van der Waals surface area contributed by atoms with Gasteiger partial charge in [0.15, 0.2) is 0 Å². The van der Waals surface area contributed by atoms with Crippen molar-refractivity contribution in [2.45, 2.75) is 6.42 Å². The fourth-order valence-corrected chi connectivity index (χ4v) is 3.12. The second-order valence-electron chi connectivity index (χ2n) is 6.67. The highest BCUT2D eigenvalue weighted by Gasteiger charge is 2.10. The molecule has 0 saturated heterocycles. The lowest BCUT2D eigenvalue weighted by Crippen LogP contribution is -2.36. The summed E-state index contributed by atoms with van der Waals surface area (Å²) in [6.07, 6.45) is 5.72. The highest BCUT2D eigenvalue weighted by Crippen LogP contribution is 2.18. The minimum Gasteiger partial charge on any atom is -0.361 e. The maximum atomic E-state index is 13.6. The van der Waals surface area contributed by atoms with E-state index in [1.54, 1.807) is 30.5 Å². The number of halogens is 1. The Balaban J connectivity index is 1.51. The third-order valence-corrected chi connectivity index (χ3v) is 4.57. The highest BCUT2D eigenvalue weighted by atomic mass is 19.1. The van der Waals surface area contributed by atoms with Crippen LogP contribution in [-0.2, 0) is 6.42 Å². The third kappa shape index (κ3) is 4.70. The van der Waals surface area contributed by atoms with Crippen LogP contribution in [0.15, 0.2) is 84.2 Å². The first-order valence-corrected chi connectivity index (χ1v) is 9.52. The van der Waals surface area contributed by atoms with Crippen LogP contribution in [0.5, 0.6) is 0 Å². The van der Waals surface area contributed by atoms with E-state index >= 15 is 0 Å². The van der Waals surface area contributed by atoms with Crippen LogP contribution in [0, 0.1) is 5.82 Å². The van der Waals surface area contributed by atoms with E-state index in [0.717, 1.165) is 16.5 Å². The molecule has 0 saturated carbocycles. The second kappa shape index (κ2) is 9.00. The number of aliphatic imine (C=N–C) groups is 1. The van der Waals surface area contributed by atoms with Gasteiger partial charge in [0, 0.05) is 41.7 Å². The number of anilines is 1. The number of para-hydroxylation sites is 1. The zero-order valence-corrected chi connectivity index (χ0v) is 16.1. The van der Waals surface area contributed by atoms with Crippen LogP contribution in [0.1, 0.15) is 15.9 Å². The van der Waals surface area contributed by atoms with E-state index in [1.807, 2.05) is 24.4 Å². The molecule has 0 fully saturated rings. The van der Waals surface area contributed by atoms with Gasteiger partial charge in [-0.2, -0.15) is 0 Å². The number of carbonyl (C=O) groups excluding carboxylic acids is 1. The summed E-state index contributed by atoms with van der Waals surface area (Å²) in [4.78, 5) is 24.2. The number of nitrogens with one attached hydrogen (secondary N) is 3. The normalized spacial score (nSPS) is 11.4. The molecular weight excluding hydrogens is 381 g/mol. The maximum absolute atomic E-state index is 13.6. The molecule has 0 unspecified atom stereocenters. The molecule has 3 N–H and O–H groups in total. The number of aromatic nitrogens is 2. The lowest BCUT2D eigenvalue weighted by molar-refractivity contribution is 0.0976. The summed E-state index contributed by atoms with van der Waals surface area (Å²) in [5.41, 5.74) is 3.10. The number of fused-ring (bicyclic) bond motifs is 1. The molecule has 2 heterocycles. The molecule has 0 atom stereocenters. The molecule has 1 amide bonds. The Morgan fingerprint density at radius 2 is 2.00 bits per heavy atom. The Bertz CT molecular complexity index is 1190. The summed E-state index contributed by atoms with van der Waals surface area (Å²) in [6.45, 7) is 0.437. The fourth-order valence-electron chi connectivity index (χ4n) is 3.12. The molecule has 2 aromatic heterocycles. The minimum absolute atomic E-state index is 0.245. The predicted molar refractivity (Wildman–Crippen MR) is 116 cm³/mol. The quantitative estimate of drug-likeness (QED) is 0.347. The third-order valence-electron chi connectivity index (χ3n) is 4.57. The molecule has 4 rings (SSSR count). The van der Waals surface area contributed by atoms with Crippen molar-refractivity contribution in [2.75, 3.05) is 11.9 Å².